The molecule has 1 aromatic carbocycles. The number of methoxy groups -OCH3 is 1. The fourth-order valence-corrected chi connectivity index (χ4v) is 1.95. The summed E-state index contributed by atoms with van der Waals surface area (Å²) in [4.78, 5) is 25.2. The number of terminal acetylenes is 1. The normalized spacial score (nSPS) is 17.3. The number of ether oxygens (including phenoxy) is 1. The summed E-state index contributed by atoms with van der Waals surface area (Å²) in [5.74, 6) is 2.68. The van der Waals surface area contributed by atoms with Gasteiger partial charge < -0.3 is 15.4 Å². The Bertz CT molecular complexity index is 565. The summed E-state index contributed by atoms with van der Waals surface area (Å²) in [6, 6.07) is 6.16. The first-order valence-corrected chi connectivity index (χ1v) is 6.09. The molecule has 2 N–H and O–H groups in total. The van der Waals surface area contributed by atoms with E-state index >= 15 is 0 Å². The van der Waals surface area contributed by atoms with Crippen molar-refractivity contribution in [3.63, 3.8) is 0 Å². The third-order valence-corrected chi connectivity index (χ3v) is 2.95. The maximum absolute atomic E-state index is 11.9. The Balaban J connectivity index is 2.09. The molecule has 20 heavy (non-hydrogen) atoms. The molecule has 6 nitrogen and oxygen atoms in total. The van der Waals surface area contributed by atoms with Gasteiger partial charge in [0.2, 0.25) is 5.91 Å². The number of benzene rings is 1. The highest BCUT2D eigenvalue weighted by atomic mass is 16.5. The van der Waals surface area contributed by atoms with E-state index in [-0.39, 0.29) is 25.0 Å². The monoisotopic (exact) mass is 273 g/mol. The van der Waals surface area contributed by atoms with Gasteiger partial charge in [-0.2, -0.15) is 0 Å². The van der Waals surface area contributed by atoms with Crippen LogP contribution in [0.5, 0.6) is 5.75 Å². The van der Waals surface area contributed by atoms with E-state index in [1.807, 2.05) is 0 Å². The van der Waals surface area contributed by atoms with Crippen molar-refractivity contribution in [2.45, 2.75) is 6.04 Å². The second-order valence-electron chi connectivity index (χ2n) is 4.24. The van der Waals surface area contributed by atoms with Gasteiger partial charge in [-0.1, -0.05) is 12.0 Å². The van der Waals surface area contributed by atoms with Gasteiger partial charge in [-0.05, 0) is 12.1 Å². The summed E-state index contributed by atoms with van der Waals surface area (Å²) >= 11 is 0. The van der Waals surface area contributed by atoms with E-state index in [0.717, 1.165) is 0 Å². The van der Waals surface area contributed by atoms with Crippen LogP contribution in [0.25, 0.3) is 0 Å². The number of amides is 3. The zero-order chi connectivity index (χ0) is 14.5. The molecule has 0 spiro atoms. The fourth-order valence-electron chi connectivity index (χ4n) is 1.95. The van der Waals surface area contributed by atoms with E-state index in [9.17, 15) is 9.59 Å². The second kappa shape index (κ2) is 5.97. The van der Waals surface area contributed by atoms with E-state index in [1.54, 1.807) is 31.4 Å². The van der Waals surface area contributed by atoms with Gasteiger partial charge in [0.15, 0.2) is 0 Å². The number of carbonyl (C=O) groups excluding carboxylic acids is 2. The molecule has 1 aliphatic heterocycles. The molecule has 1 unspecified atom stereocenters. The lowest BCUT2D eigenvalue weighted by Gasteiger charge is -2.15. The third-order valence-electron chi connectivity index (χ3n) is 2.95. The molecule has 1 fully saturated rings. The largest absolute Gasteiger partial charge is 0.497 e. The zero-order valence-corrected chi connectivity index (χ0v) is 11.1. The van der Waals surface area contributed by atoms with Gasteiger partial charge in [-0.15, -0.1) is 6.42 Å². The molecule has 1 saturated heterocycles. The van der Waals surface area contributed by atoms with Gasteiger partial charge in [0, 0.05) is 11.8 Å². The smallest absolute Gasteiger partial charge is 0.322 e. The van der Waals surface area contributed by atoms with Crippen molar-refractivity contribution < 1.29 is 14.3 Å². The molecule has 104 valence electrons. The Morgan fingerprint density at radius 2 is 2.45 bits per heavy atom. The van der Waals surface area contributed by atoms with Gasteiger partial charge in [0.25, 0.3) is 0 Å². The van der Waals surface area contributed by atoms with E-state index in [4.69, 9.17) is 11.2 Å². The van der Waals surface area contributed by atoms with E-state index in [0.29, 0.717) is 11.4 Å². The van der Waals surface area contributed by atoms with E-state index in [2.05, 4.69) is 16.6 Å². The Morgan fingerprint density at radius 1 is 1.65 bits per heavy atom. The van der Waals surface area contributed by atoms with Crippen LogP contribution in [-0.2, 0) is 4.79 Å². The quantitative estimate of drug-likeness (QED) is 0.777. The molecule has 1 aliphatic rings. The van der Waals surface area contributed by atoms with Gasteiger partial charge >= 0.3 is 6.03 Å². The van der Waals surface area contributed by atoms with Gasteiger partial charge in [-0.25, -0.2) is 4.79 Å². The van der Waals surface area contributed by atoms with Crippen molar-refractivity contribution in [1.82, 2.24) is 10.6 Å². The van der Waals surface area contributed by atoms with Crippen molar-refractivity contribution in [2.75, 3.05) is 25.1 Å². The molecule has 0 saturated carbocycles. The summed E-state index contributed by atoms with van der Waals surface area (Å²) in [6.45, 7) is 0.396. The minimum absolute atomic E-state index is 0.143. The molecular weight excluding hydrogens is 258 g/mol. The molecule has 2 rings (SSSR count). The second-order valence-corrected chi connectivity index (χ2v) is 4.24. The van der Waals surface area contributed by atoms with Crippen molar-refractivity contribution in [2.24, 2.45) is 0 Å². The zero-order valence-electron chi connectivity index (χ0n) is 11.1. The number of anilines is 1. The minimum atomic E-state index is -0.609. The lowest BCUT2D eigenvalue weighted by Crippen LogP contribution is -2.42. The first kappa shape index (κ1) is 13.7. The highest BCUT2D eigenvalue weighted by Gasteiger charge is 2.34. The number of urea groups is 1. The average molecular weight is 273 g/mol. The molecule has 1 atom stereocenters. The third kappa shape index (κ3) is 2.83. The first-order chi connectivity index (χ1) is 9.65. The number of carbonyl (C=O) groups is 2. The Labute approximate surface area is 117 Å². The van der Waals surface area contributed by atoms with Gasteiger partial charge in [0.05, 0.1) is 20.2 Å². The van der Waals surface area contributed by atoms with Crippen molar-refractivity contribution in [1.29, 1.82) is 0 Å². The number of hydrogen-bond acceptors (Lipinski definition) is 3. The summed E-state index contributed by atoms with van der Waals surface area (Å²) in [5.41, 5.74) is 0.675. The summed E-state index contributed by atoms with van der Waals surface area (Å²) in [6.07, 6.45) is 5.08. The van der Waals surface area contributed by atoms with Crippen LogP contribution in [0.2, 0.25) is 0 Å². The molecule has 3 amide bonds. The molecule has 0 aromatic heterocycles. The lowest BCUT2D eigenvalue weighted by atomic mass is 10.2. The van der Waals surface area contributed by atoms with Crippen molar-refractivity contribution >= 4 is 17.6 Å². The Kier molecular flexibility index (Phi) is 4.11. The van der Waals surface area contributed by atoms with Gasteiger partial charge in [0.1, 0.15) is 11.8 Å². The van der Waals surface area contributed by atoms with Crippen molar-refractivity contribution in [3.05, 3.63) is 24.3 Å². The summed E-state index contributed by atoms with van der Waals surface area (Å²) in [7, 11) is 1.55. The molecule has 0 bridgehead atoms. The fraction of sp³-hybridized carbons (Fsp3) is 0.286. The van der Waals surface area contributed by atoms with Crippen LogP contribution in [0.1, 0.15) is 0 Å². The number of nitrogens with one attached hydrogen (secondary N) is 2. The van der Waals surface area contributed by atoms with Crippen LogP contribution in [0.3, 0.4) is 0 Å². The lowest BCUT2D eigenvalue weighted by molar-refractivity contribution is -0.122. The van der Waals surface area contributed by atoms with Crippen LogP contribution in [0.4, 0.5) is 10.5 Å². The highest BCUT2D eigenvalue weighted by molar-refractivity contribution is 6.00. The van der Waals surface area contributed by atoms with E-state index in [1.165, 1.54) is 4.90 Å². The summed E-state index contributed by atoms with van der Waals surface area (Å²) < 4.78 is 5.12. The standard InChI is InChI=1S/C14H15N3O3/c1-3-7-15-13(18)12-9-17(14(19)16-12)10-5-4-6-11(8-10)20-2/h1,4-6,8,12H,7,9H2,2H3,(H,15,18)(H,16,19). The van der Waals surface area contributed by atoms with Crippen LogP contribution in [0, 0.1) is 12.3 Å². The predicted molar refractivity (Wildman–Crippen MR) is 74.5 cm³/mol. The molecule has 0 radical (unpaired) electrons. The number of nitrogens with zero attached hydrogens (tertiary/aromatic N) is 1. The highest BCUT2D eigenvalue weighted by Crippen LogP contribution is 2.23. The SMILES string of the molecule is C#CCNC(=O)C1CN(c2cccc(OC)c2)C(=O)N1. The maximum atomic E-state index is 11.9. The summed E-state index contributed by atoms with van der Waals surface area (Å²) in [5, 5.41) is 5.16. The van der Waals surface area contributed by atoms with Crippen molar-refractivity contribution in [3.8, 4) is 18.1 Å². The molecular formula is C14H15N3O3. The Hall–Kier alpha value is -2.68. The Morgan fingerprint density at radius 3 is 3.15 bits per heavy atom. The molecule has 6 heteroatoms. The minimum Gasteiger partial charge on any atom is -0.497 e. The van der Waals surface area contributed by atoms with Gasteiger partial charge in [-0.3, -0.25) is 9.69 Å². The van der Waals surface area contributed by atoms with Crippen LogP contribution in [0.15, 0.2) is 24.3 Å². The molecule has 1 aromatic rings. The van der Waals surface area contributed by atoms with Crippen LogP contribution >= 0.6 is 0 Å². The topological polar surface area (TPSA) is 70.7 Å². The number of hydrogen-bond donors (Lipinski definition) is 2. The predicted octanol–water partition coefficient (Wildman–Crippen LogP) is 0.343. The van der Waals surface area contributed by atoms with E-state index < -0.39 is 6.04 Å². The number of rotatable bonds is 4. The van der Waals surface area contributed by atoms with Crippen LogP contribution < -0.4 is 20.3 Å². The van der Waals surface area contributed by atoms with Crippen LogP contribution in [-0.4, -0.2) is 38.2 Å². The molecule has 1 heterocycles. The average Bonchev–Trinajstić information content (AvgIpc) is 2.87. The maximum Gasteiger partial charge on any atom is 0.322 e. The molecule has 0 aliphatic carbocycles. The first-order valence-electron chi connectivity index (χ1n) is 6.09.